The first-order valence-electron chi connectivity index (χ1n) is 5.74. The molecule has 98 valence electrons. The second kappa shape index (κ2) is 5.36. The van der Waals surface area contributed by atoms with Crippen LogP contribution in [0.2, 0.25) is 5.02 Å². The monoisotopic (exact) mass is 276 g/mol. The Hall–Kier alpha value is -1.94. The van der Waals surface area contributed by atoms with Gasteiger partial charge >= 0.3 is 0 Å². The van der Waals surface area contributed by atoms with Crippen molar-refractivity contribution >= 4 is 17.4 Å². The van der Waals surface area contributed by atoms with Crippen LogP contribution in [0.3, 0.4) is 0 Å². The molecule has 0 bridgehead atoms. The predicted molar refractivity (Wildman–Crippen MR) is 72.5 cm³/mol. The summed E-state index contributed by atoms with van der Waals surface area (Å²) in [5, 5.41) is 0.616. The Balaban J connectivity index is 2.18. The van der Waals surface area contributed by atoms with E-state index in [9.17, 15) is 4.79 Å². The molecule has 0 N–H and O–H groups in total. The Labute approximate surface area is 116 Å². The Morgan fingerprint density at radius 1 is 1.21 bits per heavy atom. The summed E-state index contributed by atoms with van der Waals surface area (Å²) >= 11 is 5.80. The van der Waals surface area contributed by atoms with Crippen molar-refractivity contribution < 1.29 is 9.53 Å². The van der Waals surface area contributed by atoms with Crippen LogP contribution in [0, 0.1) is 0 Å². The smallest absolute Gasteiger partial charge is 0.225 e. The van der Waals surface area contributed by atoms with Crippen LogP contribution in [0.4, 0.5) is 0 Å². The van der Waals surface area contributed by atoms with E-state index < -0.39 is 5.60 Å². The highest BCUT2D eigenvalue weighted by Gasteiger charge is 2.32. The zero-order chi connectivity index (χ0) is 13.9. The van der Waals surface area contributed by atoms with Gasteiger partial charge in [-0.25, -0.2) is 4.98 Å². The van der Waals surface area contributed by atoms with Crippen LogP contribution in [0.1, 0.15) is 24.3 Å². The van der Waals surface area contributed by atoms with Gasteiger partial charge in [0.15, 0.2) is 5.60 Å². The van der Waals surface area contributed by atoms with Gasteiger partial charge in [0.25, 0.3) is 0 Å². The van der Waals surface area contributed by atoms with Crippen LogP contribution in [0.25, 0.3) is 0 Å². The third kappa shape index (κ3) is 3.29. The first kappa shape index (κ1) is 13.5. The van der Waals surface area contributed by atoms with E-state index in [2.05, 4.69) is 9.97 Å². The minimum atomic E-state index is -1.02. The van der Waals surface area contributed by atoms with Crippen LogP contribution < -0.4 is 4.74 Å². The Morgan fingerprint density at radius 3 is 2.47 bits per heavy atom. The summed E-state index contributed by atoms with van der Waals surface area (Å²) in [7, 11) is 0. The van der Waals surface area contributed by atoms with Gasteiger partial charge in [-0.15, -0.1) is 0 Å². The van der Waals surface area contributed by atoms with E-state index in [1.807, 2.05) is 0 Å². The molecular weight excluding hydrogens is 264 g/mol. The van der Waals surface area contributed by atoms with Crippen LogP contribution in [0.5, 0.6) is 5.75 Å². The van der Waals surface area contributed by atoms with Gasteiger partial charge < -0.3 is 4.74 Å². The van der Waals surface area contributed by atoms with E-state index >= 15 is 0 Å². The van der Waals surface area contributed by atoms with Gasteiger partial charge in [-0.3, -0.25) is 9.78 Å². The number of ketones is 1. The van der Waals surface area contributed by atoms with Crippen LogP contribution in [-0.2, 0) is 0 Å². The molecule has 0 atom stereocenters. The normalized spacial score (nSPS) is 11.1. The number of Topliss-reactive ketones (excluding diaryl/α,β-unsaturated/α-hetero) is 1. The highest BCUT2D eigenvalue weighted by atomic mass is 35.5. The molecule has 4 nitrogen and oxygen atoms in total. The van der Waals surface area contributed by atoms with E-state index in [1.165, 1.54) is 18.6 Å². The lowest BCUT2D eigenvalue weighted by molar-refractivity contribution is 0.0578. The van der Waals surface area contributed by atoms with Crippen LogP contribution in [0.15, 0.2) is 42.9 Å². The van der Waals surface area contributed by atoms with Crippen molar-refractivity contribution in [1.29, 1.82) is 0 Å². The Morgan fingerprint density at radius 2 is 1.89 bits per heavy atom. The maximum atomic E-state index is 12.3. The van der Waals surface area contributed by atoms with Crippen molar-refractivity contribution in [2.75, 3.05) is 0 Å². The van der Waals surface area contributed by atoms with Gasteiger partial charge in [0.1, 0.15) is 11.4 Å². The number of hydrogen-bond donors (Lipinski definition) is 0. The summed E-state index contributed by atoms with van der Waals surface area (Å²) in [6, 6.07) is 6.85. The van der Waals surface area contributed by atoms with Gasteiger partial charge in [-0.2, -0.15) is 0 Å². The van der Waals surface area contributed by atoms with Crippen molar-refractivity contribution in [3.63, 3.8) is 0 Å². The van der Waals surface area contributed by atoms with Crippen LogP contribution in [-0.4, -0.2) is 21.4 Å². The number of benzene rings is 1. The number of aromatic nitrogens is 2. The molecule has 1 heterocycles. The Kier molecular flexibility index (Phi) is 3.81. The lowest BCUT2D eigenvalue weighted by Crippen LogP contribution is -2.38. The number of hydrogen-bond acceptors (Lipinski definition) is 4. The molecule has 0 aliphatic rings. The second-order valence-electron chi connectivity index (χ2n) is 4.49. The number of carbonyl (C=O) groups is 1. The number of nitrogens with zero attached hydrogens (tertiary/aromatic N) is 2. The predicted octanol–water partition coefficient (Wildman–Crippen LogP) is 3.17. The molecule has 0 fully saturated rings. The highest BCUT2D eigenvalue weighted by Crippen LogP contribution is 2.22. The second-order valence-corrected chi connectivity index (χ2v) is 4.92. The molecule has 0 saturated heterocycles. The van der Waals surface area contributed by atoms with E-state index in [0.717, 1.165) is 0 Å². The number of carbonyl (C=O) groups excluding carboxylic acids is 1. The molecule has 0 unspecified atom stereocenters. The zero-order valence-electron chi connectivity index (χ0n) is 10.6. The van der Waals surface area contributed by atoms with E-state index in [0.29, 0.717) is 10.8 Å². The van der Waals surface area contributed by atoms with E-state index in [4.69, 9.17) is 16.3 Å². The van der Waals surface area contributed by atoms with Crippen molar-refractivity contribution in [1.82, 2.24) is 9.97 Å². The quantitative estimate of drug-likeness (QED) is 0.805. The van der Waals surface area contributed by atoms with Gasteiger partial charge in [0.05, 0.1) is 6.20 Å². The number of ether oxygens (including phenoxy) is 1. The topological polar surface area (TPSA) is 52.1 Å². The van der Waals surface area contributed by atoms with Gasteiger partial charge in [0.2, 0.25) is 5.78 Å². The van der Waals surface area contributed by atoms with Gasteiger partial charge in [-0.05, 0) is 38.1 Å². The lowest BCUT2D eigenvalue weighted by Gasteiger charge is -2.24. The minimum absolute atomic E-state index is 0.226. The summed E-state index contributed by atoms with van der Waals surface area (Å²) in [5.41, 5.74) is -0.745. The average Bonchev–Trinajstić information content (AvgIpc) is 2.41. The summed E-state index contributed by atoms with van der Waals surface area (Å²) in [5.74, 6) is 0.349. The molecule has 0 spiro atoms. The molecule has 0 radical (unpaired) electrons. The summed E-state index contributed by atoms with van der Waals surface area (Å²) in [6.45, 7) is 3.39. The zero-order valence-corrected chi connectivity index (χ0v) is 11.4. The number of halogens is 1. The fourth-order valence-corrected chi connectivity index (χ4v) is 1.69. The Bertz CT molecular complexity index is 568. The SMILES string of the molecule is CC(C)(Oc1ccc(Cl)cc1)C(=O)c1cnccn1. The molecule has 0 amide bonds. The lowest BCUT2D eigenvalue weighted by atomic mass is 10.0. The molecule has 2 rings (SSSR count). The van der Waals surface area contributed by atoms with Crippen molar-refractivity contribution in [2.24, 2.45) is 0 Å². The average molecular weight is 277 g/mol. The number of rotatable bonds is 4. The van der Waals surface area contributed by atoms with Crippen molar-refractivity contribution in [3.8, 4) is 5.75 Å². The summed E-state index contributed by atoms with van der Waals surface area (Å²) in [4.78, 5) is 20.2. The van der Waals surface area contributed by atoms with Gasteiger partial charge in [-0.1, -0.05) is 11.6 Å². The molecule has 1 aromatic heterocycles. The molecule has 5 heteroatoms. The van der Waals surface area contributed by atoms with Crippen LogP contribution >= 0.6 is 11.6 Å². The van der Waals surface area contributed by atoms with Crippen molar-refractivity contribution in [3.05, 3.63) is 53.6 Å². The molecule has 2 aromatic rings. The summed E-state index contributed by atoms with van der Waals surface area (Å²) in [6.07, 6.45) is 4.42. The third-order valence-electron chi connectivity index (χ3n) is 2.53. The van der Waals surface area contributed by atoms with E-state index in [1.54, 1.807) is 38.1 Å². The third-order valence-corrected chi connectivity index (χ3v) is 2.78. The molecular formula is C14H13ClN2O2. The molecule has 0 aliphatic heterocycles. The summed E-state index contributed by atoms with van der Waals surface area (Å²) < 4.78 is 5.70. The molecule has 1 aromatic carbocycles. The standard InChI is InChI=1S/C14H13ClN2O2/c1-14(2,13(18)12-9-16-7-8-17-12)19-11-5-3-10(15)4-6-11/h3-9H,1-2H3. The molecule has 0 saturated carbocycles. The minimum Gasteiger partial charge on any atom is -0.480 e. The fraction of sp³-hybridized carbons (Fsp3) is 0.214. The fourth-order valence-electron chi connectivity index (χ4n) is 1.57. The largest absolute Gasteiger partial charge is 0.480 e. The van der Waals surface area contributed by atoms with Crippen molar-refractivity contribution in [2.45, 2.75) is 19.4 Å². The van der Waals surface area contributed by atoms with E-state index in [-0.39, 0.29) is 11.5 Å². The molecule has 19 heavy (non-hydrogen) atoms. The first-order valence-corrected chi connectivity index (χ1v) is 6.12. The van der Waals surface area contributed by atoms with Gasteiger partial charge in [0, 0.05) is 17.4 Å². The maximum Gasteiger partial charge on any atom is 0.225 e. The maximum absolute atomic E-state index is 12.3. The molecule has 0 aliphatic carbocycles. The highest BCUT2D eigenvalue weighted by molar-refractivity contribution is 6.30. The first-order chi connectivity index (χ1) is 8.99.